The van der Waals surface area contributed by atoms with Crippen LogP contribution >= 0.6 is 23.5 Å². The highest BCUT2D eigenvalue weighted by molar-refractivity contribution is 6.99. The van der Waals surface area contributed by atoms with Gasteiger partial charge in [-0.2, -0.15) is 17.5 Å². The monoisotopic (exact) mass is 674 g/mol. The van der Waals surface area contributed by atoms with Gasteiger partial charge >= 0.3 is 11.9 Å². The molecule has 0 aromatic carbocycles. The first-order chi connectivity index (χ1) is 22.3. The molecule has 2 aliphatic rings. The van der Waals surface area contributed by atoms with Gasteiger partial charge in [-0.1, -0.05) is 90.2 Å². The SMILES string of the molecule is CCCCCCCCc1nsnc1C1=CCC[N+](C)(OC(=O)C(=O)O[N+]2(C)CCC=C(c3nsnc3CCCCCCCC)C2)C1. The number of likely N-dealkylation sites (N-methyl/N-ethyl adjacent to an activating group) is 2. The highest BCUT2D eigenvalue weighted by Gasteiger charge is 2.41. The molecule has 4 rings (SSSR count). The second-order valence-corrected chi connectivity index (χ2v) is 14.4. The van der Waals surface area contributed by atoms with Crippen molar-refractivity contribution in [1.82, 2.24) is 17.5 Å². The molecule has 0 bridgehead atoms. The summed E-state index contributed by atoms with van der Waals surface area (Å²) in [5.41, 5.74) is 5.87. The number of aromatic nitrogens is 4. The minimum Gasteiger partial charge on any atom is -0.263 e. The van der Waals surface area contributed by atoms with Crippen LogP contribution in [0.25, 0.3) is 11.1 Å². The van der Waals surface area contributed by atoms with Crippen molar-refractivity contribution < 1.29 is 28.6 Å². The summed E-state index contributed by atoms with van der Waals surface area (Å²) in [7, 11) is 3.67. The molecule has 2 unspecified atom stereocenters. The second-order valence-electron chi connectivity index (χ2n) is 13.3. The van der Waals surface area contributed by atoms with Crippen LogP contribution in [0.3, 0.4) is 0 Å². The molecular formula is C34H54N6O4S2+2. The Balaban J connectivity index is 1.28. The Morgan fingerprint density at radius 3 is 1.43 bits per heavy atom. The Kier molecular flexibility index (Phi) is 14.3. The van der Waals surface area contributed by atoms with Gasteiger partial charge in [-0.15, -0.1) is 9.29 Å². The van der Waals surface area contributed by atoms with E-state index in [0.717, 1.165) is 59.6 Å². The summed E-state index contributed by atoms with van der Waals surface area (Å²) < 4.78 is 18.3. The summed E-state index contributed by atoms with van der Waals surface area (Å²) in [6.45, 7) is 6.48. The predicted molar refractivity (Wildman–Crippen MR) is 183 cm³/mol. The van der Waals surface area contributed by atoms with E-state index in [1.807, 2.05) is 14.1 Å². The number of hydrogen-bond donors (Lipinski definition) is 0. The minimum atomic E-state index is -0.970. The molecule has 2 atom stereocenters. The summed E-state index contributed by atoms with van der Waals surface area (Å²) in [6, 6.07) is 0. The number of hydrogen-bond acceptors (Lipinski definition) is 10. The van der Waals surface area contributed by atoms with E-state index in [-0.39, 0.29) is 9.29 Å². The molecule has 0 radical (unpaired) electrons. The molecule has 2 aliphatic heterocycles. The van der Waals surface area contributed by atoms with Crippen molar-refractivity contribution >= 4 is 46.5 Å². The smallest absolute Gasteiger partial charge is 0.263 e. The zero-order valence-corrected chi connectivity index (χ0v) is 30.1. The van der Waals surface area contributed by atoms with Gasteiger partial charge in [-0.05, 0) is 25.7 Å². The van der Waals surface area contributed by atoms with Gasteiger partial charge in [0.25, 0.3) is 0 Å². The normalized spacial score (nSPS) is 21.5. The molecule has 2 aromatic rings. The van der Waals surface area contributed by atoms with Crippen LogP contribution in [0.15, 0.2) is 12.2 Å². The molecule has 0 spiro atoms. The molecular weight excluding hydrogens is 621 g/mol. The first-order valence-corrected chi connectivity index (χ1v) is 18.9. The summed E-state index contributed by atoms with van der Waals surface area (Å²) in [5.74, 6) is -1.94. The van der Waals surface area contributed by atoms with Gasteiger partial charge in [0.15, 0.2) is 0 Å². The van der Waals surface area contributed by atoms with Gasteiger partial charge < -0.3 is 0 Å². The Bertz CT molecular complexity index is 1240. The lowest BCUT2D eigenvalue weighted by atomic mass is 10.0. The Labute approximate surface area is 283 Å². The third-order valence-electron chi connectivity index (χ3n) is 9.02. The van der Waals surface area contributed by atoms with E-state index in [4.69, 9.17) is 9.68 Å². The average molecular weight is 675 g/mol. The van der Waals surface area contributed by atoms with Gasteiger partial charge in [0.2, 0.25) is 0 Å². The number of unbranched alkanes of at least 4 members (excludes halogenated alkanes) is 10. The van der Waals surface area contributed by atoms with Crippen LogP contribution in [-0.4, -0.2) is 79.0 Å². The van der Waals surface area contributed by atoms with E-state index < -0.39 is 11.9 Å². The maximum Gasteiger partial charge on any atom is 0.480 e. The van der Waals surface area contributed by atoms with Crippen LogP contribution in [0, 0.1) is 0 Å². The number of carbonyl (C=O) groups excluding carboxylic acids is 2. The Morgan fingerprint density at radius 2 is 1.02 bits per heavy atom. The Morgan fingerprint density at radius 1 is 0.630 bits per heavy atom. The molecule has 2 aromatic heterocycles. The summed E-state index contributed by atoms with van der Waals surface area (Å²) in [5, 5.41) is 0. The third kappa shape index (κ3) is 10.7. The van der Waals surface area contributed by atoms with Crippen LogP contribution in [0.4, 0.5) is 0 Å². The maximum absolute atomic E-state index is 13.1. The molecule has 0 amide bonds. The lowest BCUT2D eigenvalue weighted by molar-refractivity contribution is -1.07. The average Bonchev–Trinajstić information content (AvgIpc) is 3.70. The predicted octanol–water partition coefficient (Wildman–Crippen LogP) is 7.28. The zero-order chi connectivity index (χ0) is 32.8. The molecule has 10 nitrogen and oxygen atoms in total. The van der Waals surface area contributed by atoms with Gasteiger partial charge in [0.05, 0.1) is 34.8 Å². The number of rotatable bonds is 18. The third-order valence-corrected chi connectivity index (χ3v) is 10.2. The standard InChI is InChI=1S/C34H54N6O4S2/c1-5-7-9-11-13-15-21-29-31(37-45-35-29)27-19-17-23-39(3,25-27)43-33(41)34(42)44-40(4)24-18-20-28(26-40)32-30(36-46-38-32)22-16-14-12-10-8-6-2/h19-20H,5-18,21-26H2,1-4H3/q+2. The molecule has 46 heavy (non-hydrogen) atoms. The van der Waals surface area contributed by atoms with E-state index >= 15 is 0 Å². The molecule has 254 valence electrons. The quantitative estimate of drug-likeness (QED) is 0.0924. The maximum atomic E-state index is 13.1. The van der Waals surface area contributed by atoms with E-state index in [1.165, 1.54) is 87.7 Å². The highest BCUT2D eigenvalue weighted by Crippen LogP contribution is 2.30. The van der Waals surface area contributed by atoms with Crippen molar-refractivity contribution in [2.24, 2.45) is 0 Å². The number of aryl methyl sites for hydroxylation is 2. The number of carbonyl (C=O) groups is 2. The Hall–Kier alpha value is -2.54. The van der Waals surface area contributed by atoms with Crippen molar-refractivity contribution in [3.05, 3.63) is 34.9 Å². The lowest BCUT2D eigenvalue weighted by Gasteiger charge is -2.35. The minimum absolute atomic E-state index is 0.0328. The zero-order valence-electron chi connectivity index (χ0n) is 28.4. The summed E-state index contributed by atoms with van der Waals surface area (Å²) >= 11 is 2.47. The number of quaternary nitrogens is 2. The molecule has 0 aliphatic carbocycles. The molecule has 0 N–H and O–H groups in total. The van der Waals surface area contributed by atoms with Crippen LogP contribution in [-0.2, 0) is 32.1 Å². The van der Waals surface area contributed by atoms with Crippen molar-refractivity contribution in [2.45, 2.75) is 117 Å². The van der Waals surface area contributed by atoms with Crippen molar-refractivity contribution in [1.29, 1.82) is 0 Å². The molecule has 4 heterocycles. The van der Waals surface area contributed by atoms with Crippen LogP contribution in [0.2, 0.25) is 0 Å². The summed E-state index contributed by atoms with van der Waals surface area (Å²) in [4.78, 5) is 37.9. The molecule has 0 saturated carbocycles. The van der Waals surface area contributed by atoms with Gasteiger partial charge in [-0.3, -0.25) is 9.68 Å². The van der Waals surface area contributed by atoms with Gasteiger partial charge in [-0.25, -0.2) is 9.59 Å². The first-order valence-electron chi connectivity index (χ1n) is 17.4. The van der Waals surface area contributed by atoms with Crippen molar-refractivity contribution in [2.75, 3.05) is 40.3 Å². The first kappa shape index (κ1) is 36.3. The topological polar surface area (TPSA) is 104 Å². The van der Waals surface area contributed by atoms with E-state index in [2.05, 4.69) is 43.5 Å². The largest absolute Gasteiger partial charge is 0.480 e. The van der Waals surface area contributed by atoms with Crippen molar-refractivity contribution in [3.8, 4) is 0 Å². The van der Waals surface area contributed by atoms with Gasteiger partial charge in [0, 0.05) is 24.0 Å². The van der Waals surface area contributed by atoms with Crippen LogP contribution < -0.4 is 0 Å². The van der Waals surface area contributed by atoms with Gasteiger partial charge in [0.1, 0.15) is 51.7 Å². The van der Waals surface area contributed by atoms with E-state index in [0.29, 0.717) is 39.0 Å². The fourth-order valence-electron chi connectivity index (χ4n) is 6.38. The lowest BCUT2D eigenvalue weighted by Crippen LogP contribution is -2.53. The molecule has 12 heteroatoms. The van der Waals surface area contributed by atoms with Crippen molar-refractivity contribution in [3.63, 3.8) is 0 Å². The van der Waals surface area contributed by atoms with Crippen LogP contribution in [0.1, 0.15) is 127 Å². The number of hydroxylamine groups is 6. The second kappa shape index (κ2) is 18.1. The molecule has 0 fully saturated rings. The fourth-order valence-corrected chi connectivity index (χ4v) is 7.62. The highest BCUT2D eigenvalue weighted by atomic mass is 32.1. The summed E-state index contributed by atoms with van der Waals surface area (Å²) in [6.07, 6.45) is 22.3. The van der Waals surface area contributed by atoms with Crippen LogP contribution in [0.5, 0.6) is 0 Å². The fraction of sp³-hybridized carbons (Fsp3) is 0.706. The molecule has 0 saturated heterocycles. The van der Waals surface area contributed by atoms with E-state index in [1.54, 1.807) is 0 Å². The van der Waals surface area contributed by atoms with E-state index in [9.17, 15) is 9.59 Å². The number of nitrogens with zero attached hydrogens (tertiary/aromatic N) is 6.